The summed E-state index contributed by atoms with van der Waals surface area (Å²) in [5, 5.41) is 0. The Labute approximate surface area is 138 Å². The highest BCUT2D eigenvalue weighted by molar-refractivity contribution is 5.82. The summed E-state index contributed by atoms with van der Waals surface area (Å²) in [4.78, 5) is 9.09. The Balaban J connectivity index is 2.07. The molecular weight excluding hydrogens is 280 g/mol. The molecule has 4 rings (SSSR count). The van der Waals surface area contributed by atoms with Crippen LogP contribution in [0.25, 0.3) is 0 Å². The minimum absolute atomic E-state index is 0.136. The number of nitrogens with zero attached hydrogens (tertiary/aromatic N) is 2. The largest absolute Gasteiger partial charge is 0.264 e. The average Bonchev–Trinajstić information content (AvgIpc) is 2.67. The molecule has 0 saturated heterocycles. The van der Waals surface area contributed by atoms with E-state index in [0.29, 0.717) is 5.92 Å². The molecule has 2 nitrogen and oxygen atoms in total. The summed E-state index contributed by atoms with van der Waals surface area (Å²) in [6.07, 6.45) is 3.77. The fourth-order valence-corrected chi connectivity index (χ4v) is 4.16. The lowest BCUT2D eigenvalue weighted by Crippen LogP contribution is -2.21. The first-order chi connectivity index (χ1) is 11.1. The molecule has 2 aromatic rings. The normalized spacial score (nSPS) is 25.3. The van der Waals surface area contributed by atoms with Gasteiger partial charge in [0.15, 0.2) is 0 Å². The van der Waals surface area contributed by atoms with Crippen LogP contribution < -0.4 is 0 Å². The summed E-state index contributed by atoms with van der Waals surface area (Å²) in [5.41, 5.74) is 5.68. The topological polar surface area (TPSA) is 24.7 Å². The molecule has 0 amide bonds. The van der Waals surface area contributed by atoms with Crippen molar-refractivity contribution in [3.8, 4) is 0 Å². The van der Waals surface area contributed by atoms with Gasteiger partial charge in [-0.15, -0.1) is 0 Å². The van der Waals surface area contributed by atoms with Crippen molar-refractivity contribution in [1.29, 1.82) is 0 Å². The Kier molecular flexibility index (Phi) is 3.22. The van der Waals surface area contributed by atoms with E-state index in [1.807, 2.05) is 0 Å². The van der Waals surface area contributed by atoms with Gasteiger partial charge < -0.3 is 0 Å². The third kappa shape index (κ3) is 2.24. The van der Waals surface area contributed by atoms with E-state index in [2.05, 4.69) is 80.5 Å². The Morgan fingerprint density at radius 3 is 2.00 bits per heavy atom. The van der Waals surface area contributed by atoms with E-state index in [1.54, 1.807) is 6.34 Å². The third-order valence-electron chi connectivity index (χ3n) is 5.04. The molecule has 0 fully saturated rings. The molecule has 0 radical (unpaired) electrons. The maximum atomic E-state index is 4.75. The van der Waals surface area contributed by atoms with Gasteiger partial charge >= 0.3 is 0 Å². The highest BCUT2D eigenvalue weighted by Gasteiger charge is 2.39. The van der Waals surface area contributed by atoms with Gasteiger partial charge in [0.1, 0.15) is 6.34 Å². The Bertz CT molecular complexity index is 734. The fraction of sp³-hybridized carbons (Fsp3) is 0.333. The van der Waals surface area contributed by atoms with E-state index in [9.17, 15) is 0 Å². The van der Waals surface area contributed by atoms with Gasteiger partial charge in [-0.2, -0.15) is 0 Å². The van der Waals surface area contributed by atoms with Crippen LogP contribution in [0.5, 0.6) is 0 Å². The lowest BCUT2D eigenvalue weighted by Gasteiger charge is -2.33. The van der Waals surface area contributed by atoms with Crippen LogP contribution in [0.2, 0.25) is 0 Å². The summed E-state index contributed by atoms with van der Waals surface area (Å²) in [5.74, 6) is 0.591. The first-order valence-corrected chi connectivity index (χ1v) is 8.30. The molecule has 0 spiro atoms. The quantitative estimate of drug-likeness (QED) is 0.645. The Morgan fingerprint density at radius 2 is 1.35 bits per heavy atom. The number of rotatable bonds is 0. The first-order valence-electron chi connectivity index (χ1n) is 8.30. The van der Waals surface area contributed by atoms with Gasteiger partial charge in [0.2, 0.25) is 0 Å². The summed E-state index contributed by atoms with van der Waals surface area (Å²) in [7, 11) is 0. The number of hydrogen-bond acceptors (Lipinski definition) is 2. The maximum absolute atomic E-state index is 4.75. The highest BCUT2D eigenvalue weighted by Crippen LogP contribution is 2.51. The van der Waals surface area contributed by atoms with Crippen molar-refractivity contribution in [2.45, 2.75) is 38.6 Å². The Morgan fingerprint density at radius 1 is 0.783 bits per heavy atom. The lowest BCUT2D eigenvalue weighted by molar-refractivity contribution is 0.357. The molecule has 0 bridgehead atoms. The van der Waals surface area contributed by atoms with Crippen molar-refractivity contribution in [2.75, 3.05) is 0 Å². The molecule has 2 heteroatoms. The summed E-state index contributed by atoms with van der Waals surface area (Å²) in [6.45, 7) is 6.99. The second kappa shape index (κ2) is 5.16. The van der Waals surface area contributed by atoms with Crippen LogP contribution >= 0.6 is 0 Å². The maximum Gasteiger partial charge on any atom is 0.110 e. The van der Waals surface area contributed by atoms with E-state index in [0.717, 1.165) is 0 Å². The molecule has 0 saturated carbocycles. The molecule has 0 N–H and O–H groups in total. The number of benzene rings is 2. The van der Waals surface area contributed by atoms with Crippen LogP contribution in [0.4, 0.5) is 0 Å². The molecule has 1 heterocycles. The van der Waals surface area contributed by atoms with E-state index in [1.165, 1.54) is 22.3 Å². The number of aliphatic imine (C=N–C) groups is 2. The lowest BCUT2D eigenvalue weighted by atomic mass is 9.71. The zero-order valence-electron chi connectivity index (χ0n) is 13.9. The zero-order chi connectivity index (χ0) is 16.0. The molecule has 1 aliphatic carbocycles. The van der Waals surface area contributed by atoms with E-state index < -0.39 is 0 Å². The summed E-state index contributed by atoms with van der Waals surface area (Å²) < 4.78 is 0. The zero-order valence-corrected chi connectivity index (χ0v) is 13.9. The van der Waals surface area contributed by atoms with Gasteiger partial charge in [-0.05, 0) is 27.7 Å². The van der Waals surface area contributed by atoms with Crippen LogP contribution in [0.1, 0.15) is 60.9 Å². The summed E-state index contributed by atoms with van der Waals surface area (Å²) in [6, 6.07) is 17.8. The number of hydrogen-bond donors (Lipinski definition) is 0. The van der Waals surface area contributed by atoms with Gasteiger partial charge in [-0.1, -0.05) is 69.3 Å². The minimum Gasteiger partial charge on any atom is -0.264 e. The minimum atomic E-state index is 0.136. The van der Waals surface area contributed by atoms with Gasteiger partial charge in [0, 0.05) is 18.1 Å². The van der Waals surface area contributed by atoms with Gasteiger partial charge in [-0.3, -0.25) is 4.99 Å². The van der Waals surface area contributed by atoms with Crippen LogP contribution in [-0.4, -0.2) is 12.6 Å². The molecule has 3 unspecified atom stereocenters. The van der Waals surface area contributed by atoms with Crippen molar-refractivity contribution in [3.05, 3.63) is 70.8 Å². The smallest absolute Gasteiger partial charge is 0.110 e. The average molecular weight is 302 g/mol. The van der Waals surface area contributed by atoms with Crippen molar-refractivity contribution in [3.63, 3.8) is 0 Å². The third-order valence-corrected chi connectivity index (χ3v) is 5.04. The van der Waals surface area contributed by atoms with Gasteiger partial charge in [-0.25, -0.2) is 4.99 Å². The second-order valence-corrected chi connectivity index (χ2v) is 7.59. The van der Waals surface area contributed by atoms with E-state index >= 15 is 0 Å². The first kappa shape index (κ1) is 14.4. The van der Waals surface area contributed by atoms with Crippen LogP contribution in [-0.2, 0) is 0 Å². The monoisotopic (exact) mass is 302 g/mol. The van der Waals surface area contributed by atoms with Crippen molar-refractivity contribution < 1.29 is 0 Å². The number of fused-ring (bicyclic) bond motifs is 5. The summed E-state index contributed by atoms with van der Waals surface area (Å²) >= 11 is 0. The van der Waals surface area contributed by atoms with Crippen LogP contribution in [0.3, 0.4) is 0 Å². The molecule has 0 aromatic heterocycles. The van der Waals surface area contributed by atoms with E-state index in [-0.39, 0.29) is 17.4 Å². The molecule has 3 atom stereocenters. The standard InChI is InChI=1S/C21H22N2/c1-21(2,3)19-15-9-5-4-8-14(15)18-12-22-13-23-20(18)17-11-7-6-10-16(17)19/h4-13,18-20H,1-3H3. The van der Waals surface area contributed by atoms with E-state index in [4.69, 9.17) is 4.99 Å². The van der Waals surface area contributed by atoms with Crippen molar-refractivity contribution in [2.24, 2.45) is 15.4 Å². The predicted molar refractivity (Wildman–Crippen MR) is 96.6 cm³/mol. The van der Waals surface area contributed by atoms with Gasteiger partial charge in [0.25, 0.3) is 0 Å². The van der Waals surface area contributed by atoms with Gasteiger partial charge in [0.05, 0.1) is 6.04 Å². The molecule has 116 valence electrons. The highest BCUT2D eigenvalue weighted by atomic mass is 14.9. The van der Waals surface area contributed by atoms with Crippen molar-refractivity contribution >= 4 is 12.6 Å². The molecule has 2 aliphatic rings. The molecule has 23 heavy (non-hydrogen) atoms. The predicted octanol–water partition coefficient (Wildman–Crippen LogP) is 5.12. The fourth-order valence-electron chi connectivity index (χ4n) is 4.16. The Hall–Kier alpha value is -2.22. The molecule has 2 aromatic carbocycles. The second-order valence-electron chi connectivity index (χ2n) is 7.59. The van der Waals surface area contributed by atoms with Crippen LogP contribution in [0, 0.1) is 5.41 Å². The molecule has 1 aliphatic heterocycles. The van der Waals surface area contributed by atoms with Crippen LogP contribution in [0.15, 0.2) is 58.5 Å². The SMILES string of the molecule is CC(C)(C)C1c2ccccc2C2C=NC=NC2c2ccccc21. The molecular formula is C21H22N2. The van der Waals surface area contributed by atoms with Crippen molar-refractivity contribution in [1.82, 2.24) is 0 Å².